The van der Waals surface area contributed by atoms with Crippen molar-refractivity contribution in [3.8, 4) is 22.5 Å². The van der Waals surface area contributed by atoms with Crippen LogP contribution in [0.1, 0.15) is 30.6 Å². The molecule has 4 heteroatoms. The van der Waals surface area contributed by atoms with E-state index in [-0.39, 0.29) is 11.6 Å². The fourth-order valence-corrected chi connectivity index (χ4v) is 8.98. The zero-order chi connectivity index (χ0) is 37.9. The topological polar surface area (TPSA) is 34.2 Å². The average molecular weight is 733 g/mol. The lowest BCUT2D eigenvalue weighted by Gasteiger charge is -2.33. The molecule has 272 valence electrons. The molecule has 2 atom stereocenters. The standard InChI is InChI=1S/C53H40N4/c1-53(30-13-4-14-31-53)51-35-46(36-16-5-2-6-17-36)54-52(55-51)39-18-15-21-41(32-39)57-48-25-12-10-23-43(48)45-34-38(27-29-50(45)57)37-26-28-49-44(33-37)42-22-9-11-24-47(42)56(49)40-19-7-3-8-20-40/h2-30,32-35,52,54H,31H2,1H3. The van der Waals surface area contributed by atoms with Crippen molar-refractivity contribution in [1.29, 1.82) is 0 Å². The van der Waals surface area contributed by atoms with E-state index in [1.165, 1.54) is 60.4 Å². The smallest absolute Gasteiger partial charge is 0.145 e. The molecule has 2 unspecified atom stereocenters. The number of benzene rings is 7. The Balaban J connectivity index is 1.02. The largest absolute Gasteiger partial charge is 0.360 e. The van der Waals surface area contributed by atoms with Gasteiger partial charge < -0.3 is 14.5 Å². The normalized spacial score (nSPS) is 17.9. The van der Waals surface area contributed by atoms with Crippen LogP contribution in [0.2, 0.25) is 0 Å². The molecule has 7 aromatic carbocycles. The minimum absolute atomic E-state index is 0.180. The number of hydrogen-bond acceptors (Lipinski definition) is 2. The quantitative estimate of drug-likeness (QED) is 0.181. The predicted octanol–water partition coefficient (Wildman–Crippen LogP) is 13.2. The van der Waals surface area contributed by atoms with E-state index >= 15 is 0 Å². The first-order chi connectivity index (χ1) is 28.1. The highest BCUT2D eigenvalue weighted by atomic mass is 15.1. The molecule has 4 nitrogen and oxygen atoms in total. The summed E-state index contributed by atoms with van der Waals surface area (Å²) in [4.78, 5) is 5.41. The Morgan fingerprint density at radius 1 is 0.526 bits per heavy atom. The van der Waals surface area contributed by atoms with Gasteiger partial charge in [-0.2, -0.15) is 0 Å². The van der Waals surface area contributed by atoms with Crippen molar-refractivity contribution in [2.45, 2.75) is 19.5 Å². The van der Waals surface area contributed by atoms with Crippen molar-refractivity contribution in [2.24, 2.45) is 10.4 Å². The molecule has 0 saturated carbocycles. The lowest BCUT2D eigenvalue weighted by atomic mass is 9.78. The van der Waals surface area contributed by atoms with Gasteiger partial charge in [-0.1, -0.05) is 140 Å². The number of nitrogens with zero attached hydrogens (tertiary/aromatic N) is 3. The molecular formula is C53H40N4. The average Bonchev–Trinajstić information content (AvgIpc) is 3.79. The number of nitrogens with one attached hydrogen (secondary N) is 1. The lowest BCUT2D eigenvalue weighted by molar-refractivity contribution is 0.576. The summed E-state index contributed by atoms with van der Waals surface area (Å²) in [5.74, 6) is 0. The van der Waals surface area contributed by atoms with Gasteiger partial charge in [0.1, 0.15) is 6.17 Å². The summed E-state index contributed by atoms with van der Waals surface area (Å²) < 4.78 is 4.78. The number of allylic oxidation sites excluding steroid dienone is 5. The maximum absolute atomic E-state index is 5.41. The van der Waals surface area contributed by atoms with Gasteiger partial charge in [-0.25, -0.2) is 0 Å². The zero-order valence-corrected chi connectivity index (χ0v) is 31.7. The van der Waals surface area contributed by atoms with Crippen molar-refractivity contribution in [2.75, 3.05) is 0 Å². The highest BCUT2D eigenvalue weighted by Gasteiger charge is 2.31. The maximum atomic E-state index is 5.41. The number of para-hydroxylation sites is 3. The molecule has 3 heterocycles. The van der Waals surface area contributed by atoms with E-state index in [0.717, 1.165) is 34.6 Å². The predicted molar refractivity (Wildman–Crippen MR) is 239 cm³/mol. The van der Waals surface area contributed by atoms with Crippen LogP contribution in [-0.2, 0) is 0 Å². The van der Waals surface area contributed by atoms with Gasteiger partial charge in [-0.3, -0.25) is 4.99 Å². The van der Waals surface area contributed by atoms with E-state index in [0.29, 0.717) is 0 Å². The van der Waals surface area contributed by atoms with Gasteiger partial charge in [-0.15, -0.1) is 0 Å². The zero-order valence-electron chi connectivity index (χ0n) is 31.7. The fourth-order valence-electron chi connectivity index (χ4n) is 8.98. The maximum Gasteiger partial charge on any atom is 0.145 e. The SMILES string of the molecule is CC1(C2=NC(c3cccc(-n4c5ccccc5c5cc(-c6ccc7c(c6)c6ccccc6n7-c6ccccc6)ccc54)c3)NC(c3ccccc3)=C2)C=CC=CC1. The van der Waals surface area contributed by atoms with Crippen molar-refractivity contribution < 1.29 is 0 Å². The van der Waals surface area contributed by atoms with E-state index in [1.807, 2.05) is 0 Å². The summed E-state index contributed by atoms with van der Waals surface area (Å²) in [6, 6.07) is 61.5. The highest BCUT2D eigenvalue weighted by Crippen LogP contribution is 2.40. The van der Waals surface area contributed by atoms with Crippen LogP contribution in [0.4, 0.5) is 0 Å². The first-order valence-corrected chi connectivity index (χ1v) is 19.8. The minimum atomic E-state index is -0.237. The van der Waals surface area contributed by atoms with E-state index in [1.54, 1.807) is 0 Å². The van der Waals surface area contributed by atoms with Gasteiger partial charge >= 0.3 is 0 Å². The third-order valence-corrected chi connectivity index (χ3v) is 11.9. The second-order valence-corrected chi connectivity index (χ2v) is 15.5. The van der Waals surface area contributed by atoms with Crippen LogP contribution in [0, 0.1) is 5.41 Å². The van der Waals surface area contributed by atoms with E-state index < -0.39 is 0 Å². The number of fused-ring (bicyclic) bond motifs is 6. The van der Waals surface area contributed by atoms with Gasteiger partial charge in [0.2, 0.25) is 0 Å². The van der Waals surface area contributed by atoms with Crippen LogP contribution in [0.25, 0.3) is 71.8 Å². The third kappa shape index (κ3) is 5.56. The summed E-state index contributed by atoms with van der Waals surface area (Å²) in [6.07, 6.45) is 11.7. The number of aromatic nitrogens is 2. The molecule has 1 aliphatic carbocycles. The molecule has 9 aromatic rings. The van der Waals surface area contributed by atoms with Crippen LogP contribution >= 0.6 is 0 Å². The Bertz CT molecular complexity index is 3140. The summed E-state index contributed by atoms with van der Waals surface area (Å²) in [6.45, 7) is 2.29. The van der Waals surface area contributed by atoms with Crippen LogP contribution < -0.4 is 5.32 Å². The Kier molecular flexibility index (Phi) is 7.71. The molecule has 57 heavy (non-hydrogen) atoms. The molecule has 1 N–H and O–H groups in total. The second kappa shape index (κ2) is 13.2. The van der Waals surface area contributed by atoms with Gasteiger partial charge in [0.05, 0.1) is 22.1 Å². The Labute approximate surface area is 332 Å². The first-order valence-electron chi connectivity index (χ1n) is 19.8. The summed E-state index contributed by atoms with van der Waals surface area (Å²) in [5, 5.41) is 8.78. The van der Waals surface area contributed by atoms with Crippen molar-refractivity contribution in [3.63, 3.8) is 0 Å². The van der Waals surface area contributed by atoms with Gasteiger partial charge in [-0.05, 0) is 95.4 Å². The molecule has 0 radical (unpaired) electrons. The third-order valence-electron chi connectivity index (χ3n) is 11.9. The van der Waals surface area contributed by atoms with Gasteiger partial charge in [0, 0.05) is 49.7 Å². The van der Waals surface area contributed by atoms with Crippen LogP contribution in [0.3, 0.4) is 0 Å². The molecular weight excluding hydrogens is 693 g/mol. The second-order valence-electron chi connectivity index (χ2n) is 15.5. The molecule has 0 spiro atoms. The highest BCUT2D eigenvalue weighted by molar-refractivity contribution is 6.13. The number of hydrogen-bond donors (Lipinski definition) is 1. The minimum Gasteiger partial charge on any atom is -0.360 e. The molecule has 1 aliphatic heterocycles. The molecule has 0 fully saturated rings. The summed E-state index contributed by atoms with van der Waals surface area (Å²) >= 11 is 0. The van der Waals surface area contributed by atoms with Crippen molar-refractivity contribution in [3.05, 3.63) is 211 Å². The molecule has 0 bridgehead atoms. The van der Waals surface area contributed by atoms with Crippen LogP contribution in [-0.4, -0.2) is 14.8 Å². The molecule has 2 aliphatic rings. The summed E-state index contributed by atoms with van der Waals surface area (Å²) in [5.41, 5.74) is 13.7. The molecule has 0 saturated heterocycles. The van der Waals surface area contributed by atoms with Crippen LogP contribution in [0.5, 0.6) is 0 Å². The molecule has 11 rings (SSSR count). The van der Waals surface area contributed by atoms with Gasteiger partial charge in [0.15, 0.2) is 0 Å². The number of aliphatic imine (C=N–C) groups is 1. The summed E-state index contributed by atoms with van der Waals surface area (Å²) in [7, 11) is 0. The van der Waals surface area contributed by atoms with E-state index in [2.05, 4.69) is 222 Å². The first kappa shape index (κ1) is 33.2. The van der Waals surface area contributed by atoms with E-state index in [9.17, 15) is 0 Å². The number of rotatable bonds is 6. The Hall–Kier alpha value is -7.17. The lowest BCUT2D eigenvalue weighted by Crippen LogP contribution is -2.32. The fraction of sp³-hybridized carbons (Fsp3) is 0.0755. The monoisotopic (exact) mass is 732 g/mol. The van der Waals surface area contributed by atoms with Crippen LogP contribution in [0.15, 0.2) is 205 Å². The van der Waals surface area contributed by atoms with Crippen molar-refractivity contribution in [1.82, 2.24) is 14.5 Å². The molecule has 0 amide bonds. The van der Waals surface area contributed by atoms with Gasteiger partial charge in [0.25, 0.3) is 0 Å². The Morgan fingerprint density at radius 3 is 1.75 bits per heavy atom. The Morgan fingerprint density at radius 2 is 1.11 bits per heavy atom. The van der Waals surface area contributed by atoms with Crippen molar-refractivity contribution >= 4 is 55.0 Å². The molecule has 2 aromatic heterocycles. The van der Waals surface area contributed by atoms with E-state index in [4.69, 9.17) is 4.99 Å².